The van der Waals surface area contributed by atoms with Crippen LogP contribution in [0.2, 0.25) is 5.02 Å². The Morgan fingerprint density at radius 3 is 2.35 bits per heavy atom. The second-order valence-corrected chi connectivity index (χ2v) is 7.52. The Balaban J connectivity index is 2.03. The Kier molecular flexibility index (Phi) is 7.13. The maximum Gasteiger partial charge on any atom is 0.416 e. The highest BCUT2D eigenvalue weighted by atomic mass is 35.5. The SMILES string of the molecule is COc1cc(/C=C(\C#N)c2ccc(C)cc2)cc(Cl)c1Oc1ccc(C(F)(F)F)cc1[N+](=O)[O-]. The van der Waals surface area contributed by atoms with Crippen molar-refractivity contribution in [2.45, 2.75) is 13.1 Å². The van der Waals surface area contributed by atoms with E-state index in [-0.39, 0.29) is 16.5 Å². The van der Waals surface area contributed by atoms with Crippen LogP contribution in [0.5, 0.6) is 17.2 Å². The number of rotatable bonds is 6. The summed E-state index contributed by atoms with van der Waals surface area (Å²) < 4.78 is 49.7. The minimum atomic E-state index is -4.76. The van der Waals surface area contributed by atoms with Gasteiger partial charge in [-0.3, -0.25) is 10.1 Å². The first-order valence-electron chi connectivity index (χ1n) is 9.63. The van der Waals surface area contributed by atoms with E-state index in [9.17, 15) is 28.5 Å². The number of hydrogen-bond donors (Lipinski definition) is 0. The van der Waals surface area contributed by atoms with Crippen LogP contribution in [0.25, 0.3) is 11.6 Å². The van der Waals surface area contributed by atoms with E-state index in [1.807, 2.05) is 19.1 Å². The number of alkyl halides is 3. The molecule has 174 valence electrons. The highest BCUT2D eigenvalue weighted by molar-refractivity contribution is 6.32. The molecule has 3 rings (SSSR count). The lowest BCUT2D eigenvalue weighted by atomic mass is 10.0. The summed E-state index contributed by atoms with van der Waals surface area (Å²) in [5, 5.41) is 20.9. The number of nitro groups is 1. The summed E-state index contributed by atoms with van der Waals surface area (Å²) in [5.74, 6) is -0.508. The molecular formula is C24H16ClF3N2O4. The second-order valence-electron chi connectivity index (χ2n) is 7.11. The number of nitro benzene ring substituents is 1. The first-order valence-corrected chi connectivity index (χ1v) is 10.0. The van der Waals surface area contributed by atoms with E-state index in [4.69, 9.17) is 21.1 Å². The van der Waals surface area contributed by atoms with Gasteiger partial charge < -0.3 is 9.47 Å². The zero-order valence-corrected chi connectivity index (χ0v) is 18.6. The molecule has 0 unspecified atom stereocenters. The number of benzene rings is 3. The van der Waals surface area contributed by atoms with Crippen molar-refractivity contribution < 1.29 is 27.6 Å². The third-order valence-corrected chi connectivity index (χ3v) is 5.02. The van der Waals surface area contributed by atoms with Crippen LogP contribution in [0.1, 0.15) is 22.3 Å². The summed E-state index contributed by atoms with van der Waals surface area (Å²) in [6.45, 7) is 1.92. The molecule has 0 fully saturated rings. The van der Waals surface area contributed by atoms with Gasteiger partial charge in [-0.05, 0) is 48.4 Å². The third-order valence-electron chi connectivity index (χ3n) is 4.74. The van der Waals surface area contributed by atoms with Gasteiger partial charge in [0.2, 0.25) is 5.75 Å². The molecule has 0 atom stereocenters. The molecule has 0 aromatic heterocycles. The fourth-order valence-corrected chi connectivity index (χ4v) is 3.29. The van der Waals surface area contributed by atoms with Crippen LogP contribution >= 0.6 is 11.6 Å². The Morgan fingerprint density at radius 2 is 1.79 bits per heavy atom. The van der Waals surface area contributed by atoms with E-state index in [2.05, 4.69) is 6.07 Å². The topological polar surface area (TPSA) is 85.4 Å². The smallest absolute Gasteiger partial charge is 0.416 e. The maximum atomic E-state index is 13.0. The Bertz CT molecular complexity index is 1310. The van der Waals surface area contributed by atoms with Crippen molar-refractivity contribution in [2.75, 3.05) is 7.11 Å². The van der Waals surface area contributed by atoms with Gasteiger partial charge in [-0.1, -0.05) is 41.4 Å². The van der Waals surface area contributed by atoms with Crippen molar-refractivity contribution in [1.29, 1.82) is 5.26 Å². The molecule has 0 spiro atoms. The van der Waals surface area contributed by atoms with Crippen molar-refractivity contribution >= 4 is 28.9 Å². The maximum absolute atomic E-state index is 13.0. The number of halogens is 4. The number of methoxy groups -OCH3 is 1. The molecule has 3 aromatic rings. The summed E-state index contributed by atoms with van der Waals surface area (Å²) >= 11 is 6.33. The predicted octanol–water partition coefficient (Wildman–Crippen LogP) is 7.44. The van der Waals surface area contributed by atoms with Gasteiger partial charge in [0.05, 0.1) is 34.3 Å². The molecule has 0 aliphatic rings. The predicted molar refractivity (Wildman–Crippen MR) is 121 cm³/mol. The molecule has 0 N–H and O–H groups in total. The van der Waals surface area contributed by atoms with E-state index >= 15 is 0 Å². The first-order chi connectivity index (χ1) is 16.0. The number of aryl methyl sites for hydroxylation is 1. The molecular weight excluding hydrogens is 473 g/mol. The number of hydrogen-bond acceptors (Lipinski definition) is 5. The van der Waals surface area contributed by atoms with Crippen molar-refractivity contribution in [3.05, 3.63) is 92.0 Å². The quantitative estimate of drug-likeness (QED) is 0.156. The highest BCUT2D eigenvalue weighted by Crippen LogP contribution is 2.44. The average molecular weight is 489 g/mol. The van der Waals surface area contributed by atoms with E-state index in [0.29, 0.717) is 28.8 Å². The van der Waals surface area contributed by atoms with Gasteiger partial charge in [0.1, 0.15) is 0 Å². The molecule has 0 amide bonds. The molecule has 0 saturated carbocycles. The van der Waals surface area contributed by atoms with Gasteiger partial charge in [-0.15, -0.1) is 0 Å². The number of nitrogens with zero attached hydrogens (tertiary/aromatic N) is 2. The van der Waals surface area contributed by atoms with Crippen LogP contribution in [-0.4, -0.2) is 12.0 Å². The van der Waals surface area contributed by atoms with Gasteiger partial charge in [0.15, 0.2) is 11.5 Å². The molecule has 0 heterocycles. The fourth-order valence-electron chi connectivity index (χ4n) is 3.03. The first kappa shape index (κ1) is 24.6. The van der Waals surface area contributed by atoms with Gasteiger partial charge in [-0.2, -0.15) is 18.4 Å². The van der Waals surface area contributed by atoms with Crippen LogP contribution in [-0.2, 0) is 6.18 Å². The van der Waals surface area contributed by atoms with Crippen LogP contribution in [0.4, 0.5) is 18.9 Å². The highest BCUT2D eigenvalue weighted by Gasteiger charge is 2.33. The van der Waals surface area contributed by atoms with Crippen LogP contribution in [0.15, 0.2) is 54.6 Å². The molecule has 3 aromatic carbocycles. The van der Waals surface area contributed by atoms with Crippen LogP contribution in [0.3, 0.4) is 0 Å². The molecule has 0 aliphatic heterocycles. The van der Waals surface area contributed by atoms with Crippen LogP contribution in [0, 0.1) is 28.4 Å². The van der Waals surface area contributed by atoms with Crippen molar-refractivity contribution in [3.8, 4) is 23.3 Å². The summed E-state index contributed by atoms with van der Waals surface area (Å²) in [5.41, 5.74) is 0.472. The number of nitriles is 1. The van der Waals surface area contributed by atoms with Crippen molar-refractivity contribution in [1.82, 2.24) is 0 Å². The zero-order valence-electron chi connectivity index (χ0n) is 17.8. The fraction of sp³-hybridized carbons (Fsp3) is 0.125. The summed E-state index contributed by atoms with van der Waals surface area (Å²) in [7, 11) is 1.30. The van der Waals surface area contributed by atoms with Crippen LogP contribution < -0.4 is 9.47 Å². The molecule has 0 saturated heterocycles. The van der Waals surface area contributed by atoms with E-state index < -0.39 is 28.1 Å². The van der Waals surface area contributed by atoms with Gasteiger partial charge >= 0.3 is 11.9 Å². The standard InChI is InChI=1S/C24H16ClF3N2O4/c1-14-3-5-16(6-4-14)17(13-29)9-15-10-19(25)23(22(11-15)33-2)34-21-8-7-18(24(26,27)28)12-20(21)30(31)32/h3-12H,1-2H3/b17-9+. The lowest BCUT2D eigenvalue weighted by Crippen LogP contribution is -2.06. The molecule has 0 radical (unpaired) electrons. The third kappa shape index (κ3) is 5.47. The van der Waals surface area contributed by atoms with Gasteiger partial charge in [-0.25, -0.2) is 0 Å². The number of allylic oxidation sites excluding steroid dienone is 1. The number of ether oxygens (including phenoxy) is 2. The Hall–Kier alpha value is -4.03. The van der Waals surface area contributed by atoms with E-state index in [1.165, 1.54) is 19.2 Å². The second kappa shape index (κ2) is 9.85. The average Bonchev–Trinajstić information content (AvgIpc) is 2.78. The minimum Gasteiger partial charge on any atom is -0.493 e. The van der Waals surface area contributed by atoms with Crippen molar-refractivity contribution in [3.63, 3.8) is 0 Å². The normalized spacial score (nSPS) is 11.6. The van der Waals surface area contributed by atoms with E-state index in [0.717, 1.165) is 11.6 Å². The largest absolute Gasteiger partial charge is 0.493 e. The Morgan fingerprint density at radius 1 is 1.12 bits per heavy atom. The monoisotopic (exact) mass is 488 g/mol. The van der Waals surface area contributed by atoms with Gasteiger partial charge in [0, 0.05) is 6.07 Å². The Labute approximate surface area is 197 Å². The minimum absolute atomic E-state index is 0.0269. The molecule has 34 heavy (non-hydrogen) atoms. The summed E-state index contributed by atoms with van der Waals surface area (Å²) in [4.78, 5) is 10.4. The summed E-state index contributed by atoms with van der Waals surface area (Å²) in [6.07, 6.45) is -3.19. The van der Waals surface area contributed by atoms with Crippen molar-refractivity contribution in [2.24, 2.45) is 0 Å². The molecule has 6 nitrogen and oxygen atoms in total. The van der Waals surface area contributed by atoms with Gasteiger partial charge in [0.25, 0.3) is 0 Å². The molecule has 0 aliphatic carbocycles. The zero-order chi connectivity index (χ0) is 25.0. The van der Waals surface area contributed by atoms with E-state index in [1.54, 1.807) is 18.2 Å². The lowest BCUT2D eigenvalue weighted by Gasteiger charge is -2.14. The lowest BCUT2D eigenvalue weighted by molar-refractivity contribution is -0.385. The molecule has 10 heteroatoms. The molecule has 0 bridgehead atoms. The summed E-state index contributed by atoms with van der Waals surface area (Å²) in [6, 6.07) is 14.3.